The summed E-state index contributed by atoms with van der Waals surface area (Å²) in [4.78, 5) is 0. The summed E-state index contributed by atoms with van der Waals surface area (Å²) in [6.45, 7) is 2.28. The van der Waals surface area contributed by atoms with Gasteiger partial charge in [0.05, 0.1) is 6.10 Å². The van der Waals surface area contributed by atoms with Crippen molar-refractivity contribution < 1.29 is 9.84 Å². The number of thioether (sulfide) groups is 1. The van der Waals surface area contributed by atoms with Gasteiger partial charge in [-0.1, -0.05) is 78.0 Å². The van der Waals surface area contributed by atoms with Crippen LogP contribution in [0, 0.1) is 6.92 Å². The van der Waals surface area contributed by atoms with Gasteiger partial charge in [0, 0.05) is 18.4 Å². The molecule has 1 unspecified atom stereocenters. The number of hydrogen-bond acceptors (Lipinski definition) is 5. The molecule has 0 aliphatic heterocycles. The average Bonchev–Trinajstić information content (AvgIpc) is 3.17. The minimum atomic E-state index is -0.613. The lowest BCUT2D eigenvalue weighted by Gasteiger charge is -2.12. The quantitative estimate of drug-likeness (QED) is 0.398. The van der Waals surface area contributed by atoms with E-state index in [2.05, 4.69) is 41.4 Å². The second-order valence-corrected chi connectivity index (χ2v) is 8.39. The highest BCUT2D eigenvalue weighted by Crippen LogP contribution is 2.25. The number of aromatic nitrogens is 3. The lowest BCUT2D eigenvalue weighted by molar-refractivity contribution is 0.126. The Hall–Kier alpha value is -3.09. The van der Waals surface area contributed by atoms with Crippen molar-refractivity contribution in [2.45, 2.75) is 18.2 Å². The molecule has 4 rings (SSSR count). The molecule has 0 fully saturated rings. The summed E-state index contributed by atoms with van der Waals surface area (Å²) in [6.07, 6.45) is -0.613. The van der Waals surface area contributed by atoms with Gasteiger partial charge in [0.25, 0.3) is 0 Å². The molecule has 0 aliphatic rings. The smallest absolute Gasteiger partial charge is 0.191 e. The third kappa shape index (κ3) is 5.34. The van der Waals surface area contributed by atoms with Crippen molar-refractivity contribution in [1.82, 2.24) is 14.8 Å². The number of ether oxygens (including phenoxy) is 1. The standard InChI is InChI=1S/C25H25N3O2S/c1-18-7-6-10-21(15-18)24-26-27-25(28(24)2)31-17-22(29)16-30-23-13-11-20(12-14-23)19-8-4-3-5-9-19/h3-15,22,29H,16-17H2,1-2H3. The molecular weight excluding hydrogens is 406 g/mol. The van der Waals surface area contributed by atoms with Crippen molar-refractivity contribution in [1.29, 1.82) is 0 Å². The van der Waals surface area contributed by atoms with Gasteiger partial charge in [-0.2, -0.15) is 0 Å². The number of aliphatic hydroxyl groups excluding tert-OH is 1. The van der Waals surface area contributed by atoms with Crippen LogP contribution in [-0.4, -0.2) is 38.3 Å². The molecule has 0 radical (unpaired) electrons. The number of aryl methyl sites for hydroxylation is 1. The maximum atomic E-state index is 10.4. The second kappa shape index (κ2) is 9.81. The van der Waals surface area contributed by atoms with Gasteiger partial charge in [0.2, 0.25) is 0 Å². The fourth-order valence-electron chi connectivity index (χ4n) is 3.26. The maximum absolute atomic E-state index is 10.4. The highest BCUT2D eigenvalue weighted by atomic mass is 32.2. The van der Waals surface area contributed by atoms with E-state index in [0.717, 1.165) is 27.9 Å². The Labute approximate surface area is 186 Å². The van der Waals surface area contributed by atoms with E-state index in [-0.39, 0.29) is 6.61 Å². The molecule has 1 N–H and O–H groups in total. The van der Waals surface area contributed by atoms with Gasteiger partial charge in [0.15, 0.2) is 11.0 Å². The van der Waals surface area contributed by atoms with Crippen molar-refractivity contribution in [2.24, 2.45) is 7.05 Å². The summed E-state index contributed by atoms with van der Waals surface area (Å²) in [6, 6.07) is 26.3. The zero-order chi connectivity index (χ0) is 21.6. The fourth-order valence-corrected chi connectivity index (χ4v) is 4.08. The van der Waals surface area contributed by atoms with E-state index in [0.29, 0.717) is 5.75 Å². The molecule has 0 amide bonds. The van der Waals surface area contributed by atoms with E-state index in [9.17, 15) is 5.11 Å². The average molecular weight is 432 g/mol. The topological polar surface area (TPSA) is 60.2 Å². The Morgan fingerprint density at radius 3 is 2.35 bits per heavy atom. The molecule has 0 bridgehead atoms. The van der Waals surface area contributed by atoms with E-state index in [1.54, 1.807) is 0 Å². The van der Waals surface area contributed by atoms with Crippen molar-refractivity contribution in [3.8, 4) is 28.3 Å². The summed E-state index contributed by atoms with van der Waals surface area (Å²) in [7, 11) is 1.94. The zero-order valence-electron chi connectivity index (χ0n) is 17.6. The van der Waals surface area contributed by atoms with Crippen LogP contribution in [-0.2, 0) is 7.05 Å². The SMILES string of the molecule is Cc1cccc(-c2nnc(SCC(O)COc3ccc(-c4ccccc4)cc3)n2C)c1. The zero-order valence-corrected chi connectivity index (χ0v) is 18.4. The van der Waals surface area contributed by atoms with Crippen LogP contribution in [0.4, 0.5) is 0 Å². The van der Waals surface area contributed by atoms with Gasteiger partial charge in [-0.15, -0.1) is 10.2 Å². The summed E-state index contributed by atoms with van der Waals surface area (Å²) < 4.78 is 7.71. The van der Waals surface area contributed by atoms with E-state index >= 15 is 0 Å². The Balaban J connectivity index is 1.29. The minimum absolute atomic E-state index is 0.222. The fraction of sp³-hybridized carbons (Fsp3) is 0.200. The molecule has 1 heterocycles. The van der Waals surface area contributed by atoms with E-state index in [1.807, 2.05) is 66.2 Å². The molecule has 6 heteroatoms. The molecule has 0 spiro atoms. The van der Waals surface area contributed by atoms with Crippen LogP contribution in [0.2, 0.25) is 0 Å². The number of rotatable bonds is 8. The van der Waals surface area contributed by atoms with Crippen LogP contribution in [0.25, 0.3) is 22.5 Å². The Morgan fingerprint density at radius 1 is 0.903 bits per heavy atom. The molecule has 0 saturated heterocycles. The first kappa shape index (κ1) is 21.2. The monoisotopic (exact) mass is 431 g/mol. The molecule has 0 aliphatic carbocycles. The van der Waals surface area contributed by atoms with E-state index < -0.39 is 6.10 Å². The van der Waals surface area contributed by atoms with Crippen LogP contribution < -0.4 is 4.74 Å². The third-order valence-electron chi connectivity index (χ3n) is 4.92. The summed E-state index contributed by atoms with van der Waals surface area (Å²) in [5.41, 5.74) is 4.51. The first-order chi connectivity index (χ1) is 15.1. The number of hydrogen-bond donors (Lipinski definition) is 1. The first-order valence-electron chi connectivity index (χ1n) is 10.2. The predicted molar refractivity (Wildman–Crippen MR) is 125 cm³/mol. The molecule has 1 atom stereocenters. The Morgan fingerprint density at radius 2 is 1.61 bits per heavy atom. The molecular formula is C25H25N3O2S. The molecule has 158 valence electrons. The molecule has 4 aromatic rings. The van der Waals surface area contributed by atoms with Crippen LogP contribution in [0.3, 0.4) is 0 Å². The summed E-state index contributed by atoms with van der Waals surface area (Å²) in [5.74, 6) is 2.03. The van der Waals surface area contributed by atoms with Crippen molar-refractivity contribution in [3.05, 3.63) is 84.4 Å². The molecule has 0 saturated carbocycles. The van der Waals surface area contributed by atoms with Crippen molar-refractivity contribution in [2.75, 3.05) is 12.4 Å². The highest BCUT2D eigenvalue weighted by Gasteiger charge is 2.14. The predicted octanol–water partition coefficient (Wildman–Crippen LogP) is 4.99. The minimum Gasteiger partial charge on any atom is -0.491 e. The Kier molecular flexibility index (Phi) is 6.70. The van der Waals surface area contributed by atoms with Crippen LogP contribution in [0.1, 0.15) is 5.56 Å². The van der Waals surface area contributed by atoms with Gasteiger partial charge in [0.1, 0.15) is 12.4 Å². The van der Waals surface area contributed by atoms with E-state index in [1.165, 1.54) is 22.9 Å². The molecule has 5 nitrogen and oxygen atoms in total. The number of aliphatic hydroxyl groups is 1. The van der Waals surface area contributed by atoms with Crippen LogP contribution in [0.15, 0.2) is 84.0 Å². The maximum Gasteiger partial charge on any atom is 0.191 e. The molecule has 3 aromatic carbocycles. The van der Waals surface area contributed by atoms with Crippen LogP contribution in [0.5, 0.6) is 5.75 Å². The molecule has 31 heavy (non-hydrogen) atoms. The van der Waals surface area contributed by atoms with Gasteiger partial charge in [-0.05, 0) is 36.2 Å². The first-order valence-corrected chi connectivity index (χ1v) is 11.1. The van der Waals surface area contributed by atoms with Crippen molar-refractivity contribution >= 4 is 11.8 Å². The number of nitrogens with zero attached hydrogens (tertiary/aromatic N) is 3. The third-order valence-corrected chi connectivity index (χ3v) is 6.08. The van der Waals surface area contributed by atoms with Gasteiger partial charge >= 0.3 is 0 Å². The lowest BCUT2D eigenvalue weighted by Crippen LogP contribution is -2.20. The summed E-state index contributed by atoms with van der Waals surface area (Å²) in [5, 5.41) is 19.7. The van der Waals surface area contributed by atoms with Crippen molar-refractivity contribution in [3.63, 3.8) is 0 Å². The normalized spacial score (nSPS) is 12.0. The summed E-state index contributed by atoms with van der Waals surface area (Å²) >= 11 is 1.47. The second-order valence-electron chi connectivity index (χ2n) is 7.40. The van der Waals surface area contributed by atoms with Crippen LogP contribution >= 0.6 is 11.8 Å². The largest absolute Gasteiger partial charge is 0.491 e. The van der Waals surface area contributed by atoms with Gasteiger partial charge in [-0.3, -0.25) is 0 Å². The van der Waals surface area contributed by atoms with Gasteiger partial charge in [-0.25, -0.2) is 0 Å². The Bertz CT molecular complexity index is 1130. The molecule has 1 aromatic heterocycles. The lowest BCUT2D eigenvalue weighted by atomic mass is 10.1. The number of benzene rings is 3. The van der Waals surface area contributed by atoms with E-state index in [4.69, 9.17) is 4.74 Å². The van der Waals surface area contributed by atoms with Gasteiger partial charge < -0.3 is 14.4 Å². The highest BCUT2D eigenvalue weighted by molar-refractivity contribution is 7.99.